The summed E-state index contributed by atoms with van der Waals surface area (Å²) in [7, 11) is 2.01. The van der Waals surface area contributed by atoms with Crippen LogP contribution in [0.2, 0.25) is 5.02 Å². The molecule has 0 radical (unpaired) electrons. The summed E-state index contributed by atoms with van der Waals surface area (Å²) in [6.07, 6.45) is 4.34. The van der Waals surface area contributed by atoms with Crippen LogP contribution in [0.5, 0.6) is 0 Å². The van der Waals surface area contributed by atoms with Gasteiger partial charge in [-0.05, 0) is 38.6 Å². The zero-order chi connectivity index (χ0) is 11.4. The Hall–Kier alpha value is -0.640. The standard InChI is InChI=1S/C12H18ClN3/c1-14-8-12-3-2-6-16(12)9-11-7-10(13)4-5-15-11/h4-5,7,12,14H,2-3,6,8-9H2,1H3. The molecule has 88 valence electrons. The van der Waals surface area contributed by atoms with Crippen LogP contribution in [0, 0.1) is 0 Å². The highest BCUT2D eigenvalue weighted by Gasteiger charge is 2.23. The Morgan fingerprint density at radius 2 is 2.50 bits per heavy atom. The maximum atomic E-state index is 5.96. The van der Waals surface area contributed by atoms with E-state index in [4.69, 9.17) is 11.6 Å². The van der Waals surface area contributed by atoms with Crippen molar-refractivity contribution < 1.29 is 0 Å². The van der Waals surface area contributed by atoms with Crippen LogP contribution in [-0.4, -0.2) is 36.1 Å². The number of nitrogens with zero attached hydrogens (tertiary/aromatic N) is 2. The van der Waals surface area contributed by atoms with E-state index in [1.165, 1.54) is 19.4 Å². The fourth-order valence-electron chi connectivity index (χ4n) is 2.31. The fraction of sp³-hybridized carbons (Fsp3) is 0.583. The molecule has 0 spiro atoms. The monoisotopic (exact) mass is 239 g/mol. The lowest BCUT2D eigenvalue weighted by atomic mass is 10.2. The maximum absolute atomic E-state index is 5.96. The molecule has 16 heavy (non-hydrogen) atoms. The molecule has 1 aromatic rings. The predicted octanol–water partition coefficient (Wildman–Crippen LogP) is 1.92. The SMILES string of the molecule is CNCC1CCCN1Cc1cc(Cl)ccn1. The molecule has 0 bridgehead atoms. The van der Waals surface area contributed by atoms with E-state index in [9.17, 15) is 0 Å². The smallest absolute Gasteiger partial charge is 0.0558 e. The first-order valence-electron chi connectivity index (χ1n) is 5.78. The summed E-state index contributed by atoms with van der Waals surface area (Å²) >= 11 is 5.96. The van der Waals surface area contributed by atoms with Gasteiger partial charge in [0.15, 0.2) is 0 Å². The first-order chi connectivity index (χ1) is 7.79. The quantitative estimate of drug-likeness (QED) is 0.870. The average Bonchev–Trinajstić information content (AvgIpc) is 2.66. The second kappa shape index (κ2) is 5.62. The molecule has 0 aromatic carbocycles. The summed E-state index contributed by atoms with van der Waals surface area (Å²) in [6, 6.07) is 4.42. The zero-order valence-electron chi connectivity index (χ0n) is 9.62. The highest BCUT2D eigenvalue weighted by molar-refractivity contribution is 6.30. The molecule has 1 fully saturated rings. The van der Waals surface area contributed by atoms with Crippen molar-refractivity contribution in [3.8, 4) is 0 Å². The summed E-state index contributed by atoms with van der Waals surface area (Å²) in [4.78, 5) is 6.83. The van der Waals surface area contributed by atoms with Crippen molar-refractivity contribution in [3.63, 3.8) is 0 Å². The minimum Gasteiger partial charge on any atom is -0.318 e. The molecule has 0 aliphatic carbocycles. The second-order valence-electron chi connectivity index (χ2n) is 4.29. The lowest BCUT2D eigenvalue weighted by Gasteiger charge is -2.23. The number of aromatic nitrogens is 1. The van der Waals surface area contributed by atoms with Crippen LogP contribution in [0.3, 0.4) is 0 Å². The molecule has 1 aliphatic heterocycles. The molecule has 0 saturated carbocycles. The number of likely N-dealkylation sites (N-methyl/N-ethyl adjacent to an activating group) is 1. The number of pyridine rings is 1. The molecule has 4 heteroatoms. The Balaban J connectivity index is 1.98. The van der Waals surface area contributed by atoms with Gasteiger partial charge in [0, 0.05) is 30.4 Å². The van der Waals surface area contributed by atoms with Gasteiger partial charge in [0.1, 0.15) is 0 Å². The topological polar surface area (TPSA) is 28.2 Å². The van der Waals surface area contributed by atoms with Crippen LogP contribution >= 0.6 is 11.6 Å². The highest BCUT2D eigenvalue weighted by Crippen LogP contribution is 2.19. The van der Waals surface area contributed by atoms with Crippen molar-refractivity contribution in [2.45, 2.75) is 25.4 Å². The van der Waals surface area contributed by atoms with Gasteiger partial charge in [0.2, 0.25) is 0 Å². The summed E-state index contributed by atoms with van der Waals surface area (Å²) in [6.45, 7) is 3.13. The van der Waals surface area contributed by atoms with Gasteiger partial charge in [0.25, 0.3) is 0 Å². The normalized spacial score (nSPS) is 21.5. The van der Waals surface area contributed by atoms with Gasteiger partial charge in [-0.2, -0.15) is 0 Å². The summed E-state index contributed by atoms with van der Waals surface area (Å²) < 4.78 is 0. The molecular weight excluding hydrogens is 222 g/mol. The molecule has 1 aliphatic rings. The van der Waals surface area contributed by atoms with Crippen LogP contribution in [0.4, 0.5) is 0 Å². The van der Waals surface area contributed by atoms with E-state index in [0.29, 0.717) is 6.04 Å². The van der Waals surface area contributed by atoms with E-state index in [1.54, 1.807) is 6.20 Å². The molecule has 1 unspecified atom stereocenters. The van der Waals surface area contributed by atoms with Crippen molar-refractivity contribution in [3.05, 3.63) is 29.0 Å². The Kier molecular flexibility index (Phi) is 4.16. The van der Waals surface area contributed by atoms with Gasteiger partial charge in [-0.3, -0.25) is 9.88 Å². The molecule has 0 amide bonds. The van der Waals surface area contributed by atoms with Gasteiger partial charge in [-0.25, -0.2) is 0 Å². The summed E-state index contributed by atoms with van der Waals surface area (Å²) in [5.41, 5.74) is 1.07. The minimum atomic E-state index is 0.644. The average molecular weight is 240 g/mol. The van der Waals surface area contributed by atoms with E-state index < -0.39 is 0 Å². The molecule has 1 aromatic heterocycles. The van der Waals surface area contributed by atoms with E-state index in [-0.39, 0.29) is 0 Å². The second-order valence-corrected chi connectivity index (χ2v) is 4.73. The van der Waals surface area contributed by atoms with Gasteiger partial charge < -0.3 is 5.32 Å². The summed E-state index contributed by atoms with van der Waals surface area (Å²) in [5.74, 6) is 0. The highest BCUT2D eigenvalue weighted by atomic mass is 35.5. The first kappa shape index (κ1) is 11.8. The molecule has 2 heterocycles. The van der Waals surface area contributed by atoms with Crippen molar-refractivity contribution in [2.75, 3.05) is 20.1 Å². The van der Waals surface area contributed by atoms with Crippen molar-refractivity contribution in [1.29, 1.82) is 0 Å². The van der Waals surface area contributed by atoms with E-state index in [0.717, 1.165) is 23.8 Å². The predicted molar refractivity (Wildman–Crippen MR) is 66.6 cm³/mol. The van der Waals surface area contributed by atoms with E-state index in [1.807, 2.05) is 19.2 Å². The molecule has 2 rings (SSSR count). The first-order valence-corrected chi connectivity index (χ1v) is 6.16. The lowest BCUT2D eigenvalue weighted by molar-refractivity contribution is 0.239. The third-order valence-electron chi connectivity index (χ3n) is 3.08. The van der Waals surface area contributed by atoms with Crippen LogP contribution in [0.25, 0.3) is 0 Å². The lowest BCUT2D eigenvalue weighted by Crippen LogP contribution is -2.36. The van der Waals surface area contributed by atoms with Gasteiger partial charge in [0.05, 0.1) is 5.69 Å². The number of hydrogen-bond donors (Lipinski definition) is 1. The Bertz CT molecular complexity index is 343. The Morgan fingerprint density at radius 1 is 1.62 bits per heavy atom. The number of likely N-dealkylation sites (tertiary alicyclic amines) is 1. The molecular formula is C12H18ClN3. The zero-order valence-corrected chi connectivity index (χ0v) is 10.4. The number of rotatable bonds is 4. The van der Waals surface area contributed by atoms with Crippen molar-refractivity contribution in [2.24, 2.45) is 0 Å². The largest absolute Gasteiger partial charge is 0.318 e. The van der Waals surface area contributed by atoms with Gasteiger partial charge in [-0.15, -0.1) is 0 Å². The molecule has 3 nitrogen and oxygen atoms in total. The minimum absolute atomic E-state index is 0.644. The summed E-state index contributed by atoms with van der Waals surface area (Å²) in [5, 5.41) is 4.02. The van der Waals surface area contributed by atoms with Crippen LogP contribution in [-0.2, 0) is 6.54 Å². The third kappa shape index (κ3) is 2.94. The van der Waals surface area contributed by atoms with Crippen LogP contribution in [0.1, 0.15) is 18.5 Å². The number of hydrogen-bond acceptors (Lipinski definition) is 3. The van der Waals surface area contributed by atoms with Gasteiger partial charge >= 0.3 is 0 Å². The van der Waals surface area contributed by atoms with E-state index in [2.05, 4.69) is 15.2 Å². The van der Waals surface area contributed by atoms with Crippen LogP contribution in [0.15, 0.2) is 18.3 Å². The molecule has 1 atom stereocenters. The number of nitrogens with one attached hydrogen (secondary N) is 1. The maximum Gasteiger partial charge on any atom is 0.0558 e. The van der Waals surface area contributed by atoms with Gasteiger partial charge in [-0.1, -0.05) is 11.6 Å². The van der Waals surface area contributed by atoms with Crippen LogP contribution < -0.4 is 5.32 Å². The molecule has 1 N–H and O–H groups in total. The Labute approximate surface area is 102 Å². The fourth-order valence-corrected chi connectivity index (χ4v) is 2.50. The Morgan fingerprint density at radius 3 is 3.25 bits per heavy atom. The third-order valence-corrected chi connectivity index (χ3v) is 3.32. The van der Waals surface area contributed by atoms with Crippen molar-refractivity contribution >= 4 is 11.6 Å². The van der Waals surface area contributed by atoms with E-state index >= 15 is 0 Å². The van der Waals surface area contributed by atoms with Crippen molar-refractivity contribution in [1.82, 2.24) is 15.2 Å². The number of halogens is 1. The molecule has 1 saturated heterocycles.